The van der Waals surface area contributed by atoms with Gasteiger partial charge in [-0.2, -0.15) is 0 Å². The Morgan fingerprint density at radius 1 is 0.833 bits per heavy atom. The molecule has 98 valence electrons. The SMILES string of the molecule is O=C(O)C[C@@H](C(=O)O)N(CC(=O)O)CC(=O)O.[NaH]. The van der Waals surface area contributed by atoms with Crippen molar-refractivity contribution < 1.29 is 39.6 Å². The summed E-state index contributed by atoms with van der Waals surface area (Å²) in [6.07, 6.45) is -0.879. The Kier molecular flexibility index (Phi) is 9.45. The van der Waals surface area contributed by atoms with Crippen LogP contribution in [0, 0.1) is 0 Å². The summed E-state index contributed by atoms with van der Waals surface area (Å²) in [6.45, 7) is -1.73. The Morgan fingerprint density at radius 2 is 1.22 bits per heavy atom. The summed E-state index contributed by atoms with van der Waals surface area (Å²) >= 11 is 0. The molecule has 0 amide bonds. The number of hydrogen-bond acceptors (Lipinski definition) is 5. The number of nitrogens with zero attached hydrogens (tertiary/aromatic N) is 1. The Balaban J connectivity index is 0. The van der Waals surface area contributed by atoms with Gasteiger partial charge in [0.15, 0.2) is 0 Å². The van der Waals surface area contributed by atoms with Crippen molar-refractivity contribution in [2.24, 2.45) is 0 Å². The Morgan fingerprint density at radius 3 is 1.44 bits per heavy atom. The van der Waals surface area contributed by atoms with Crippen LogP contribution >= 0.6 is 0 Å². The van der Waals surface area contributed by atoms with E-state index in [1.807, 2.05) is 0 Å². The van der Waals surface area contributed by atoms with Crippen LogP contribution in [0.2, 0.25) is 0 Å². The molecule has 0 aliphatic carbocycles. The molecule has 0 aromatic carbocycles. The van der Waals surface area contributed by atoms with E-state index in [1.54, 1.807) is 0 Å². The van der Waals surface area contributed by atoms with Crippen molar-refractivity contribution >= 4 is 53.4 Å². The third-order valence-electron chi connectivity index (χ3n) is 1.77. The second-order valence-corrected chi connectivity index (χ2v) is 3.14. The molecule has 18 heavy (non-hydrogen) atoms. The molecule has 0 aromatic heterocycles. The third kappa shape index (κ3) is 8.01. The molecule has 0 rings (SSSR count). The van der Waals surface area contributed by atoms with Crippen molar-refractivity contribution in [3.05, 3.63) is 0 Å². The molecule has 4 N–H and O–H groups in total. The average Bonchev–Trinajstić information content (AvgIpc) is 2.10. The zero-order chi connectivity index (χ0) is 13.6. The summed E-state index contributed by atoms with van der Waals surface area (Å²) in [6, 6.07) is -1.69. The number of hydrogen-bond donors (Lipinski definition) is 4. The second-order valence-electron chi connectivity index (χ2n) is 3.14. The van der Waals surface area contributed by atoms with Gasteiger partial charge in [0.1, 0.15) is 6.04 Å². The fourth-order valence-corrected chi connectivity index (χ4v) is 1.16. The maximum atomic E-state index is 10.7. The van der Waals surface area contributed by atoms with Crippen LogP contribution in [0.25, 0.3) is 0 Å². The molecular formula is C8H12NNaO8. The molecule has 0 aliphatic rings. The van der Waals surface area contributed by atoms with Gasteiger partial charge >= 0.3 is 53.4 Å². The van der Waals surface area contributed by atoms with E-state index < -0.39 is 49.4 Å². The van der Waals surface area contributed by atoms with Crippen molar-refractivity contribution in [1.82, 2.24) is 4.90 Å². The third-order valence-corrected chi connectivity index (χ3v) is 1.77. The van der Waals surface area contributed by atoms with Crippen molar-refractivity contribution in [3.8, 4) is 0 Å². The summed E-state index contributed by atoms with van der Waals surface area (Å²) in [4.78, 5) is 42.6. The van der Waals surface area contributed by atoms with E-state index in [-0.39, 0.29) is 29.6 Å². The summed E-state index contributed by atoms with van der Waals surface area (Å²) in [5, 5.41) is 34.2. The van der Waals surface area contributed by atoms with E-state index in [9.17, 15) is 19.2 Å². The van der Waals surface area contributed by atoms with Crippen LogP contribution in [-0.2, 0) is 19.2 Å². The van der Waals surface area contributed by atoms with Crippen LogP contribution in [-0.4, -0.2) is 97.9 Å². The molecule has 0 aliphatic heterocycles. The standard InChI is InChI=1S/C8H11NO8.Na.H/c10-5(11)1-4(8(16)17)9(2-6(12)13)3-7(14)15;;/h4H,1-3H2,(H,10,11)(H,12,13)(H,14,15)(H,16,17);;/t4-;;/m0../s1. The molecule has 0 bridgehead atoms. The first-order valence-corrected chi connectivity index (χ1v) is 4.36. The van der Waals surface area contributed by atoms with E-state index in [1.165, 1.54) is 0 Å². The van der Waals surface area contributed by atoms with Crippen LogP contribution in [0.3, 0.4) is 0 Å². The molecule has 0 aromatic rings. The molecule has 0 unspecified atom stereocenters. The number of rotatable bonds is 8. The zero-order valence-corrected chi connectivity index (χ0v) is 8.57. The average molecular weight is 273 g/mol. The number of carboxylic acids is 4. The molecular weight excluding hydrogens is 261 g/mol. The minimum absolute atomic E-state index is 0. The number of aliphatic carboxylic acids is 4. The van der Waals surface area contributed by atoms with Gasteiger partial charge in [-0.05, 0) is 0 Å². The van der Waals surface area contributed by atoms with Crippen molar-refractivity contribution in [2.45, 2.75) is 12.5 Å². The topological polar surface area (TPSA) is 152 Å². The van der Waals surface area contributed by atoms with Crippen LogP contribution in [0.5, 0.6) is 0 Å². The van der Waals surface area contributed by atoms with Gasteiger partial charge in [-0.3, -0.25) is 24.1 Å². The summed E-state index contributed by atoms with van der Waals surface area (Å²) < 4.78 is 0. The summed E-state index contributed by atoms with van der Waals surface area (Å²) in [5.41, 5.74) is 0. The van der Waals surface area contributed by atoms with Crippen LogP contribution in [0.15, 0.2) is 0 Å². The molecule has 0 fully saturated rings. The quantitative estimate of drug-likeness (QED) is 0.359. The van der Waals surface area contributed by atoms with Crippen LogP contribution < -0.4 is 0 Å². The zero-order valence-electron chi connectivity index (χ0n) is 8.57. The van der Waals surface area contributed by atoms with Gasteiger partial charge in [-0.1, -0.05) is 0 Å². The van der Waals surface area contributed by atoms with Gasteiger partial charge in [0, 0.05) is 0 Å². The predicted molar refractivity (Wildman–Crippen MR) is 57.7 cm³/mol. The first-order chi connectivity index (χ1) is 7.73. The molecule has 0 radical (unpaired) electrons. The molecule has 0 saturated heterocycles. The predicted octanol–water partition coefficient (Wildman–Crippen LogP) is -2.26. The van der Waals surface area contributed by atoms with E-state index in [0.717, 1.165) is 0 Å². The number of carbonyl (C=O) groups is 4. The minimum atomic E-state index is -1.69. The summed E-state index contributed by atoms with van der Waals surface area (Å²) in [7, 11) is 0. The molecule has 1 atom stereocenters. The van der Waals surface area contributed by atoms with Gasteiger partial charge in [-0.15, -0.1) is 0 Å². The normalized spacial score (nSPS) is 11.4. The van der Waals surface area contributed by atoms with Gasteiger partial charge in [-0.25, -0.2) is 0 Å². The van der Waals surface area contributed by atoms with Crippen molar-refractivity contribution in [2.75, 3.05) is 13.1 Å². The molecule has 0 heterocycles. The van der Waals surface area contributed by atoms with Crippen molar-refractivity contribution in [3.63, 3.8) is 0 Å². The molecule has 0 spiro atoms. The van der Waals surface area contributed by atoms with Crippen LogP contribution in [0.1, 0.15) is 6.42 Å². The Bertz CT molecular complexity index is 328. The molecule has 10 heteroatoms. The van der Waals surface area contributed by atoms with E-state index >= 15 is 0 Å². The fraction of sp³-hybridized carbons (Fsp3) is 0.500. The Hall–Kier alpha value is -1.16. The monoisotopic (exact) mass is 273 g/mol. The summed E-state index contributed by atoms with van der Waals surface area (Å²) in [5.74, 6) is -5.93. The van der Waals surface area contributed by atoms with E-state index in [2.05, 4.69) is 0 Å². The van der Waals surface area contributed by atoms with Crippen LogP contribution in [0.4, 0.5) is 0 Å². The Labute approximate surface area is 123 Å². The van der Waals surface area contributed by atoms with Gasteiger partial charge in [0.25, 0.3) is 0 Å². The second kappa shape index (κ2) is 8.86. The molecule has 0 saturated carbocycles. The first kappa shape index (κ1) is 19.2. The van der Waals surface area contributed by atoms with Gasteiger partial charge in [0.05, 0.1) is 19.5 Å². The fourth-order valence-electron chi connectivity index (χ4n) is 1.16. The maximum absolute atomic E-state index is 10.7. The molecule has 9 nitrogen and oxygen atoms in total. The van der Waals surface area contributed by atoms with E-state index in [4.69, 9.17) is 20.4 Å². The number of carboxylic acid groups (broad SMARTS) is 4. The van der Waals surface area contributed by atoms with Gasteiger partial charge < -0.3 is 20.4 Å². The van der Waals surface area contributed by atoms with Crippen molar-refractivity contribution in [1.29, 1.82) is 0 Å². The van der Waals surface area contributed by atoms with E-state index in [0.29, 0.717) is 4.90 Å². The van der Waals surface area contributed by atoms with Gasteiger partial charge in [0.2, 0.25) is 0 Å². The first-order valence-electron chi connectivity index (χ1n) is 4.36.